The van der Waals surface area contributed by atoms with Gasteiger partial charge < -0.3 is 21.1 Å². The van der Waals surface area contributed by atoms with Gasteiger partial charge in [0.15, 0.2) is 0 Å². The van der Waals surface area contributed by atoms with Gasteiger partial charge in [0.05, 0.1) is 6.61 Å². The summed E-state index contributed by atoms with van der Waals surface area (Å²) in [7, 11) is 1.00. The molecule has 19 heavy (non-hydrogen) atoms. The van der Waals surface area contributed by atoms with E-state index in [0.717, 1.165) is 7.11 Å². The molecule has 0 fully saturated rings. The standard InChI is InChI=1S/C6H6.C4H8O2.C3H8O.CH4O.H3N/c1-2-4-6-5-3-1;1-3-6-4(2)5;1-3(2)4;1-2;/h1-6H;3H2,1-2H3;3-4H,1-2H3;2H,1H3;1H3. The number of carbonyl (C=O) groups excluding carboxylic acids is 1. The minimum absolute atomic E-state index is 0. The highest BCUT2D eigenvalue weighted by molar-refractivity contribution is 5.65. The second-order valence-corrected chi connectivity index (χ2v) is 3.17. The molecule has 0 aliphatic carbocycles. The lowest BCUT2D eigenvalue weighted by Gasteiger charge is -1.89. The van der Waals surface area contributed by atoms with Crippen LogP contribution in [0, 0.1) is 0 Å². The highest BCUT2D eigenvalue weighted by Gasteiger charge is 1.81. The quantitative estimate of drug-likeness (QED) is 0.683. The van der Waals surface area contributed by atoms with Crippen molar-refractivity contribution in [3.05, 3.63) is 36.4 Å². The molecule has 0 aliphatic rings. The zero-order valence-corrected chi connectivity index (χ0v) is 12.7. The maximum atomic E-state index is 9.82. The van der Waals surface area contributed by atoms with Crippen molar-refractivity contribution in [2.24, 2.45) is 0 Å². The highest BCUT2D eigenvalue weighted by atomic mass is 16.5. The Morgan fingerprint density at radius 3 is 1.32 bits per heavy atom. The van der Waals surface area contributed by atoms with Gasteiger partial charge in [0.25, 0.3) is 0 Å². The molecule has 1 aromatic rings. The van der Waals surface area contributed by atoms with Crippen molar-refractivity contribution in [1.82, 2.24) is 6.15 Å². The summed E-state index contributed by atoms with van der Waals surface area (Å²) >= 11 is 0. The molecule has 1 rings (SSSR count). The lowest BCUT2D eigenvalue weighted by Crippen LogP contribution is -1.95. The number of aliphatic hydroxyl groups is 2. The lowest BCUT2D eigenvalue weighted by atomic mass is 10.4. The lowest BCUT2D eigenvalue weighted by molar-refractivity contribution is -0.140. The second kappa shape index (κ2) is 25.4. The van der Waals surface area contributed by atoms with Crippen LogP contribution in [0.3, 0.4) is 0 Å². The summed E-state index contributed by atoms with van der Waals surface area (Å²) < 4.78 is 4.40. The van der Waals surface area contributed by atoms with E-state index in [4.69, 9.17) is 10.2 Å². The van der Waals surface area contributed by atoms with Gasteiger partial charge in [0, 0.05) is 20.1 Å². The van der Waals surface area contributed by atoms with E-state index in [1.807, 2.05) is 36.4 Å². The number of hydrogen-bond donors (Lipinski definition) is 3. The third kappa shape index (κ3) is 61.4. The van der Waals surface area contributed by atoms with E-state index in [-0.39, 0.29) is 18.2 Å². The van der Waals surface area contributed by atoms with Crippen LogP contribution in [-0.4, -0.2) is 36.0 Å². The summed E-state index contributed by atoms with van der Waals surface area (Å²) in [6.45, 7) is 7.10. The Morgan fingerprint density at radius 1 is 1.05 bits per heavy atom. The molecular formula is C14H29NO4. The van der Waals surface area contributed by atoms with Gasteiger partial charge in [-0.05, 0) is 20.8 Å². The van der Waals surface area contributed by atoms with Gasteiger partial charge in [0.2, 0.25) is 0 Å². The molecule has 0 spiro atoms. The molecule has 0 amide bonds. The summed E-state index contributed by atoms with van der Waals surface area (Å²) in [6.07, 6.45) is -0.167. The number of hydrogen-bond acceptors (Lipinski definition) is 5. The maximum absolute atomic E-state index is 9.82. The number of carbonyl (C=O) groups is 1. The van der Waals surface area contributed by atoms with Crippen LogP contribution in [0.25, 0.3) is 0 Å². The van der Waals surface area contributed by atoms with Crippen LogP contribution < -0.4 is 6.15 Å². The van der Waals surface area contributed by atoms with Crippen LogP contribution in [0.5, 0.6) is 0 Å². The van der Waals surface area contributed by atoms with Gasteiger partial charge in [-0.15, -0.1) is 0 Å². The van der Waals surface area contributed by atoms with E-state index in [1.54, 1.807) is 20.8 Å². The zero-order chi connectivity index (χ0) is 14.8. The first-order valence-electron chi connectivity index (χ1n) is 5.76. The molecule has 5 N–H and O–H groups in total. The molecule has 5 heteroatoms. The number of aliphatic hydroxyl groups excluding tert-OH is 2. The van der Waals surface area contributed by atoms with Crippen LogP contribution in [0.15, 0.2) is 36.4 Å². The minimum atomic E-state index is -0.211. The third-order valence-corrected chi connectivity index (χ3v) is 1.01. The van der Waals surface area contributed by atoms with Crippen LogP contribution in [-0.2, 0) is 9.53 Å². The Balaban J connectivity index is -0.0000000829. The first-order chi connectivity index (χ1) is 8.50. The molecule has 1 aromatic carbocycles. The molecule has 0 radical (unpaired) electrons. The third-order valence-electron chi connectivity index (χ3n) is 1.01. The monoisotopic (exact) mass is 275 g/mol. The minimum Gasteiger partial charge on any atom is -0.466 e. The van der Waals surface area contributed by atoms with Crippen LogP contribution >= 0.6 is 0 Å². The van der Waals surface area contributed by atoms with Crippen molar-refractivity contribution in [2.75, 3.05) is 13.7 Å². The predicted octanol–water partition coefficient (Wildman–Crippen LogP) is 2.41. The Bertz CT molecular complexity index is 211. The SMILES string of the molecule is CC(C)O.CCOC(C)=O.CO.N.c1ccccc1. The Labute approximate surface area is 116 Å². The Kier molecular flexibility index (Phi) is 35.1. The number of esters is 1. The van der Waals surface area contributed by atoms with E-state index in [9.17, 15) is 4.79 Å². The fourth-order valence-corrected chi connectivity index (χ4v) is 0.588. The molecule has 0 bridgehead atoms. The number of rotatable bonds is 1. The van der Waals surface area contributed by atoms with E-state index in [1.165, 1.54) is 6.92 Å². The van der Waals surface area contributed by atoms with E-state index in [2.05, 4.69) is 4.74 Å². The van der Waals surface area contributed by atoms with Crippen LogP contribution in [0.2, 0.25) is 0 Å². The van der Waals surface area contributed by atoms with Crippen molar-refractivity contribution in [3.63, 3.8) is 0 Å². The summed E-state index contributed by atoms with van der Waals surface area (Å²) in [6, 6.07) is 12.0. The van der Waals surface area contributed by atoms with E-state index < -0.39 is 0 Å². The topological polar surface area (TPSA) is 102 Å². The molecule has 0 saturated carbocycles. The van der Waals surface area contributed by atoms with Gasteiger partial charge in [-0.2, -0.15) is 0 Å². The molecule has 0 saturated heterocycles. The fourth-order valence-electron chi connectivity index (χ4n) is 0.588. The Hall–Kier alpha value is -1.43. The molecule has 114 valence electrons. The average Bonchev–Trinajstić information content (AvgIpc) is 2.34. The summed E-state index contributed by atoms with van der Waals surface area (Å²) in [5, 5.41) is 15.1. The van der Waals surface area contributed by atoms with Crippen molar-refractivity contribution in [2.45, 2.75) is 33.8 Å². The van der Waals surface area contributed by atoms with Gasteiger partial charge in [0.1, 0.15) is 0 Å². The predicted molar refractivity (Wildman–Crippen MR) is 79.3 cm³/mol. The van der Waals surface area contributed by atoms with Gasteiger partial charge in [-0.1, -0.05) is 36.4 Å². The maximum Gasteiger partial charge on any atom is 0.302 e. The van der Waals surface area contributed by atoms with Gasteiger partial charge in [-0.3, -0.25) is 4.79 Å². The first kappa shape index (κ1) is 26.2. The normalized spacial score (nSPS) is 7.16. The van der Waals surface area contributed by atoms with Crippen molar-refractivity contribution in [3.8, 4) is 0 Å². The first-order valence-corrected chi connectivity index (χ1v) is 5.76. The molecule has 0 aromatic heterocycles. The summed E-state index contributed by atoms with van der Waals surface area (Å²) in [5.74, 6) is -0.211. The fraction of sp³-hybridized carbons (Fsp3) is 0.500. The molecular weight excluding hydrogens is 246 g/mol. The van der Waals surface area contributed by atoms with Crippen molar-refractivity contribution in [1.29, 1.82) is 0 Å². The molecule has 0 unspecified atom stereocenters. The Morgan fingerprint density at radius 2 is 1.26 bits per heavy atom. The molecule has 0 atom stereocenters. The number of ether oxygens (including phenoxy) is 1. The van der Waals surface area contributed by atoms with Crippen molar-refractivity contribution < 1.29 is 19.7 Å². The molecule has 0 heterocycles. The second-order valence-electron chi connectivity index (χ2n) is 3.17. The number of benzene rings is 1. The summed E-state index contributed by atoms with van der Waals surface area (Å²) in [4.78, 5) is 9.82. The van der Waals surface area contributed by atoms with Gasteiger partial charge >= 0.3 is 5.97 Å². The molecule has 0 aliphatic heterocycles. The van der Waals surface area contributed by atoms with E-state index in [0.29, 0.717) is 6.61 Å². The summed E-state index contributed by atoms with van der Waals surface area (Å²) in [5.41, 5.74) is 0. The van der Waals surface area contributed by atoms with Crippen LogP contribution in [0.1, 0.15) is 27.7 Å². The zero-order valence-electron chi connectivity index (χ0n) is 12.7. The molecule has 5 nitrogen and oxygen atoms in total. The van der Waals surface area contributed by atoms with Crippen LogP contribution in [0.4, 0.5) is 0 Å². The van der Waals surface area contributed by atoms with E-state index >= 15 is 0 Å². The smallest absolute Gasteiger partial charge is 0.302 e. The average molecular weight is 275 g/mol. The van der Waals surface area contributed by atoms with Gasteiger partial charge in [-0.25, -0.2) is 0 Å². The highest BCUT2D eigenvalue weighted by Crippen LogP contribution is 1.79. The largest absolute Gasteiger partial charge is 0.466 e. The van der Waals surface area contributed by atoms with Crippen molar-refractivity contribution >= 4 is 5.97 Å².